The summed E-state index contributed by atoms with van der Waals surface area (Å²) in [6.45, 7) is 6.25. The second-order valence-corrected chi connectivity index (χ2v) is 8.03. The van der Waals surface area contributed by atoms with E-state index in [-0.39, 0.29) is 11.8 Å². The molecule has 0 saturated carbocycles. The number of rotatable bonds is 8. The van der Waals surface area contributed by atoms with E-state index < -0.39 is 0 Å². The fourth-order valence-electron chi connectivity index (χ4n) is 2.70. The van der Waals surface area contributed by atoms with Crippen molar-refractivity contribution in [3.05, 3.63) is 82.5 Å². The van der Waals surface area contributed by atoms with Gasteiger partial charge >= 0.3 is 0 Å². The minimum atomic E-state index is -0.120. The van der Waals surface area contributed by atoms with Crippen LogP contribution in [0.15, 0.2) is 72.0 Å². The highest BCUT2D eigenvalue weighted by molar-refractivity contribution is 7.14. The molecule has 3 rings (SSSR count). The molecule has 0 N–H and O–H groups in total. The number of carbonyl (C=O) groups is 2. The Balaban J connectivity index is 1.74. The smallest absolute Gasteiger partial charge is 0.247 e. The lowest BCUT2D eigenvalue weighted by Gasteiger charge is -2.18. The maximum atomic E-state index is 12.6. The third kappa shape index (κ3) is 5.49. The zero-order chi connectivity index (χ0) is 20.6. The van der Waals surface area contributed by atoms with Crippen molar-refractivity contribution >= 4 is 51.4 Å². The quantitative estimate of drug-likeness (QED) is 0.373. The first kappa shape index (κ1) is 20.7. The number of hydrogen-bond donors (Lipinski definition) is 0. The van der Waals surface area contributed by atoms with Gasteiger partial charge in [-0.1, -0.05) is 30.3 Å². The van der Waals surface area contributed by atoms with Gasteiger partial charge in [0.25, 0.3) is 0 Å². The molecule has 0 aliphatic carbocycles. The van der Waals surface area contributed by atoms with Crippen LogP contribution < -0.4 is 4.90 Å². The van der Waals surface area contributed by atoms with Crippen LogP contribution in [0.4, 0.5) is 10.8 Å². The van der Waals surface area contributed by atoms with Crippen LogP contribution in [0.25, 0.3) is 6.08 Å². The molecule has 2 aromatic heterocycles. The van der Waals surface area contributed by atoms with Gasteiger partial charge in [0.2, 0.25) is 11.8 Å². The van der Waals surface area contributed by atoms with Crippen molar-refractivity contribution in [1.29, 1.82) is 0 Å². The molecule has 1 aromatic carbocycles. The maximum Gasteiger partial charge on any atom is 0.247 e. The van der Waals surface area contributed by atoms with E-state index in [1.807, 2.05) is 53.2 Å². The third-order valence-corrected chi connectivity index (χ3v) is 5.72. The van der Waals surface area contributed by atoms with Gasteiger partial charge in [-0.15, -0.1) is 29.3 Å². The molecule has 0 aliphatic rings. The molecule has 0 bridgehead atoms. The van der Waals surface area contributed by atoms with E-state index in [2.05, 4.69) is 11.6 Å². The lowest BCUT2D eigenvalue weighted by molar-refractivity contribution is -0.126. The Hall–Kier alpha value is -3.03. The molecule has 0 saturated heterocycles. The summed E-state index contributed by atoms with van der Waals surface area (Å²) in [7, 11) is 0. The van der Waals surface area contributed by atoms with Crippen LogP contribution in [-0.4, -0.2) is 28.2 Å². The Labute approximate surface area is 178 Å². The van der Waals surface area contributed by atoms with Gasteiger partial charge in [0.15, 0.2) is 5.13 Å². The SMILES string of the molecule is C=CCN(Cc1cccs1)C(=O)/C=C/c1csc(N(C(C)=O)c2ccccc2)n1. The summed E-state index contributed by atoms with van der Waals surface area (Å²) in [5, 5.41) is 4.39. The summed E-state index contributed by atoms with van der Waals surface area (Å²) < 4.78 is 0. The van der Waals surface area contributed by atoms with Gasteiger partial charge in [-0.25, -0.2) is 4.98 Å². The number of thiazole rings is 1. The van der Waals surface area contributed by atoms with Gasteiger partial charge in [-0.3, -0.25) is 14.5 Å². The minimum Gasteiger partial charge on any atom is -0.330 e. The average molecular weight is 424 g/mol. The number of nitrogens with zero attached hydrogens (tertiary/aromatic N) is 3. The number of benzene rings is 1. The summed E-state index contributed by atoms with van der Waals surface area (Å²) in [6, 6.07) is 13.3. The molecule has 0 aliphatic heterocycles. The Bertz CT molecular complexity index is 994. The molecule has 0 unspecified atom stereocenters. The molecule has 3 aromatic rings. The van der Waals surface area contributed by atoms with E-state index in [9.17, 15) is 9.59 Å². The molecule has 0 spiro atoms. The Morgan fingerprint density at radius 2 is 1.93 bits per heavy atom. The zero-order valence-corrected chi connectivity index (χ0v) is 17.7. The normalized spacial score (nSPS) is 10.8. The van der Waals surface area contributed by atoms with Gasteiger partial charge in [-0.05, 0) is 29.7 Å². The van der Waals surface area contributed by atoms with Crippen LogP contribution in [0.1, 0.15) is 17.5 Å². The maximum absolute atomic E-state index is 12.6. The lowest BCUT2D eigenvalue weighted by atomic mass is 10.3. The van der Waals surface area contributed by atoms with Crippen molar-refractivity contribution in [3.63, 3.8) is 0 Å². The van der Waals surface area contributed by atoms with E-state index in [0.717, 1.165) is 10.6 Å². The molecule has 2 amide bonds. The molecule has 2 heterocycles. The molecule has 0 atom stereocenters. The first-order valence-corrected chi connectivity index (χ1v) is 10.8. The van der Waals surface area contributed by atoms with Gasteiger partial charge in [-0.2, -0.15) is 0 Å². The van der Waals surface area contributed by atoms with Gasteiger partial charge in [0.05, 0.1) is 17.9 Å². The Morgan fingerprint density at radius 1 is 1.14 bits per heavy atom. The monoisotopic (exact) mass is 423 g/mol. The predicted octanol–water partition coefficient (Wildman–Crippen LogP) is 5.12. The Kier molecular flexibility index (Phi) is 7.10. The van der Waals surface area contributed by atoms with Crippen LogP contribution in [0.3, 0.4) is 0 Å². The summed E-state index contributed by atoms with van der Waals surface area (Å²) in [5.74, 6) is -0.232. The molecular weight excluding hydrogens is 402 g/mol. The fourth-order valence-corrected chi connectivity index (χ4v) is 4.27. The van der Waals surface area contributed by atoms with E-state index in [1.54, 1.807) is 33.3 Å². The Morgan fingerprint density at radius 3 is 2.59 bits per heavy atom. The summed E-state index contributed by atoms with van der Waals surface area (Å²) in [4.78, 5) is 33.6. The number of para-hydroxylation sites is 1. The van der Waals surface area contributed by atoms with E-state index in [0.29, 0.717) is 23.9 Å². The summed E-state index contributed by atoms with van der Waals surface area (Å²) >= 11 is 2.97. The average Bonchev–Trinajstić information content (AvgIpc) is 3.39. The van der Waals surface area contributed by atoms with Crippen LogP contribution >= 0.6 is 22.7 Å². The number of anilines is 2. The number of hydrogen-bond acceptors (Lipinski definition) is 5. The molecule has 0 radical (unpaired) electrons. The van der Waals surface area contributed by atoms with Crippen molar-refractivity contribution < 1.29 is 9.59 Å². The lowest BCUT2D eigenvalue weighted by Crippen LogP contribution is -2.28. The highest BCUT2D eigenvalue weighted by Gasteiger charge is 2.17. The van der Waals surface area contributed by atoms with E-state index in [4.69, 9.17) is 0 Å². The molecular formula is C22H21N3O2S2. The van der Waals surface area contributed by atoms with Crippen LogP contribution in [0.5, 0.6) is 0 Å². The number of thiophene rings is 1. The van der Waals surface area contributed by atoms with E-state index >= 15 is 0 Å². The van der Waals surface area contributed by atoms with Crippen molar-refractivity contribution in [2.45, 2.75) is 13.5 Å². The first-order chi connectivity index (χ1) is 14.1. The molecule has 5 nitrogen and oxygen atoms in total. The van der Waals surface area contributed by atoms with Crippen molar-refractivity contribution in [2.75, 3.05) is 11.4 Å². The molecule has 7 heteroatoms. The molecule has 29 heavy (non-hydrogen) atoms. The van der Waals surface area contributed by atoms with Crippen molar-refractivity contribution in [3.8, 4) is 0 Å². The van der Waals surface area contributed by atoms with Crippen LogP contribution in [0, 0.1) is 0 Å². The number of carbonyl (C=O) groups excluding carboxylic acids is 2. The highest BCUT2D eigenvalue weighted by Crippen LogP contribution is 2.29. The molecule has 0 fully saturated rings. The van der Waals surface area contributed by atoms with Crippen LogP contribution in [0.2, 0.25) is 0 Å². The summed E-state index contributed by atoms with van der Waals surface area (Å²) in [5.41, 5.74) is 1.39. The van der Waals surface area contributed by atoms with Gasteiger partial charge in [0.1, 0.15) is 0 Å². The first-order valence-electron chi connectivity index (χ1n) is 9.00. The largest absolute Gasteiger partial charge is 0.330 e. The number of aromatic nitrogens is 1. The number of amides is 2. The second kappa shape index (κ2) is 9.95. The third-order valence-electron chi connectivity index (χ3n) is 4.02. The highest BCUT2D eigenvalue weighted by atomic mass is 32.1. The molecule has 148 valence electrons. The standard InChI is InChI=1S/C22H21N3O2S2/c1-3-13-24(15-20-10-7-14-28-20)21(27)12-11-18-16-29-22(23-18)25(17(2)26)19-8-5-4-6-9-19/h3-12,14,16H,1,13,15H2,2H3/b12-11+. The van der Waals surface area contributed by atoms with E-state index in [1.165, 1.54) is 24.3 Å². The predicted molar refractivity (Wildman–Crippen MR) is 120 cm³/mol. The zero-order valence-electron chi connectivity index (χ0n) is 16.0. The minimum absolute atomic E-state index is 0.112. The fraction of sp³-hybridized carbons (Fsp3) is 0.136. The van der Waals surface area contributed by atoms with Crippen molar-refractivity contribution in [1.82, 2.24) is 9.88 Å². The summed E-state index contributed by atoms with van der Waals surface area (Å²) in [6.07, 6.45) is 4.90. The van der Waals surface area contributed by atoms with Gasteiger partial charge < -0.3 is 4.90 Å². The van der Waals surface area contributed by atoms with Gasteiger partial charge in [0, 0.05) is 29.8 Å². The van der Waals surface area contributed by atoms with Crippen molar-refractivity contribution in [2.24, 2.45) is 0 Å². The van der Waals surface area contributed by atoms with Crippen LogP contribution in [-0.2, 0) is 16.1 Å². The second-order valence-electron chi connectivity index (χ2n) is 6.17. The topological polar surface area (TPSA) is 53.5 Å².